The molecule has 0 amide bonds. The minimum atomic E-state index is -0.685. The number of rotatable bonds is 0. The Labute approximate surface area is 71.5 Å². The van der Waals surface area contributed by atoms with Gasteiger partial charge in [0.15, 0.2) is 0 Å². The van der Waals surface area contributed by atoms with E-state index in [1.54, 1.807) is 0 Å². The maximum atomic E-state index is 9.58. The van der Waals surface area contributed by atoms with Crippen molar-refractivity contribution in [1.29, 1.82) is 0 Å². The summed E-state index contributed by atoms with van der Waals surface area (Å²) in [4.78, 5) is 0. The van der Waals surface area contributed by atoms with E-state index in [4.69, 9.17) is 0 Å². The lowest BCUT2D eigenvalue weighted by Crippen LogP contribution is -2.24. The highest BCUT2D eigenvalue weighted by Gasteiger charge is 2.25. The Bertz CT molecular complexity index is 283. The standard InChI is InChI=1S/C10H12O2/c11-9-6-5-7-3-1-2-4-8(7)10(9)12/h1-4,9-12H,5-6H2/t9-,10+/m1/s1. The maximum absolute atomic E-state index is 9.58. The molecule has 0 heterocycles. The van der Waals surface area contributed by atoms with Crippen molar-refractivity contribution in [3.05, 3.63) is 35.4 Å². The van der Waals surface area contributed by atoms with Gasteiger partial charge in [0.1, 0.15) is 6.10 Å². The smallest absolute Gasteiger partial charge is 0.105 e. The van der Waals surface area contributed by atoms with Crippen LogP contribution in [-0.4, -0.2) is 16.3 Å². The second-order valence-corrected chi connectivity index (χ2v) is 3.25. The molecule has 1 aliphatic rings. The zero-order valence-corrected chi connectivity index (χ0v) is 6.77. The Morgan fingerprint density at radius 1 is 1.17 bits per heavy atom. The summed E-state index contributed by atoms with van der Waals surface area (Å²) in [6, 6.07) is 7.73. The molecule has 0 saturated carbocycles. The van der Waals surface area contributed by atoms with Gasteiger partial charge in [0, 0.05) is 0 Å². The molecular weight excluding hydrogens is 152 g/mol. The van der Waals surface area contributed by atoms with Gasteiger partial charge in [-0.1, -0.05) is 24.3 Å². The lowest BCUT2D eigenvalue weighted by Gasteiger charge is -2.25. The average Bonchev–Trinajstić information content (AvgIpc) is 2.12. The molecule has 2 atom stereocenters. The highest BCUT2D eigenvalue weighted by molar-refractivity contribution is 5.31. The molecule has 0 saturated heterocycles. The summed E-state index contributed by atoms with van der Waals surface area (Å²) in [5, 5.41) is 19.0. The molecule has 1 aliphatic carbocycles. The van der Waals surface area contributed by atoms with Crippen LogP contribution in [0.3, 0.4) is 0 Å². The molecule has 64 valence electrons. The largest absolute Gasteiger partial charge is 0.390 e. The summed E-state index contributed by atoms with van der Waals surface area (Å²) in [5.74, 6) is 0. The van der Waals surface area contributed by atoms with Crippen LogP contribution in [0.1, 0.15) is 23.7 Å². The van der Waals surface area contributed by atoms with Crippen molar-refractivity contribution in [1.82, 2.24) is 0 Å². The van der Waals surface area contributed by atoms with E-state index in [9.17, 15) is 10.2 Å². The van der Waals surface area contributed by atoms with E-state index in [0.717, 1.165) is 17.5 Å². The quantitative estimate of drug-likeness (QED) is 0.601. The molecule has 2 nitrogen and oxygen atoms in total. The van der Waals surface area contributed by atoms with Gasteiger partial charge in [-0.05, 0) is 24.0 Å². The summed E-state index contributed by atoms with van der Waals surface area (Å²) in [5.41, 5.74) is 2.05. The van der Waals surface area contributed by atoms with Crippen molar-refractivity contribution >= 4 is 0 Å². The minimum absolute atomic E-state index is 0.583. The maximum Gasteiger partial charge on any atom is 0.105 e. The molecule has 0 bridgehead atoms. The summed E-state index contributed by atoms with van der Waals surface area (Å²) in [7, 11) is 0. The van der Waals surface area contributed by atoms with Gasteiger partial charge in [0.05, 0.1) is 6.10 Å². The van der Waals surface area contributed by atoms with Crippen molar-refractivity contribution in [2.45, 2.75) is 25.0 Å². The van der Waals surface area contributed by atoms with E-state index in [1.807, 2.05) is 24.3 Å². The van der Waals surface area contributed by atoms with Crippen molar-refractivity contribution in [3.63, 3.8) is 0 Å². The van der Waals surface area contributed by atoms with Gasteiger partial charge in [-0.15, -0.1) is 0 Å². The van der Waals surface area contributed by atoms with Gasteiger partial charge in [-0.25, -0.2) is 0 Å². The molecule has 12 heavy (non-hydrogen) atoms. The highest BCUT2D eigenvalue weighted by Crippen LogP contribution is 2.29. The highest BCUT2D eigenvalue weighted by atomic mass is 16.3. The van der Waals surface area contributed by atoms with Crippen LogP contribution in [-0.2, 0) is 6.42 Å². The Morgan fingerprint density at radius 3 is 2.75 bits per heavy atom. The third-order valence-electron chi connectivity index (χ3n) is 2.45. The number of fused-ring (bicyclic) bond motifs is 1. The minimum Gasteiger partial charge on any atom is -0.390 e. The predicted molar refractivity (Wildman–Crippen MR) is 45.7 cm³/mol. The molecule has 0 spiro atoms. The van der Waals surface area contributed by atoms with Crippen LogP contribution in [0.15, 0.2) is 24.3 Å². The molecule has 0 aromatic heterocycles. The van der Waals surface area contributed by atoms with Crippen molar-refractivity contribution in [2.75, 3.05) is 0 Å². The topological polar surface area (TPSA) is 40.5 Å². The van der Waals surface area contributed by atoms with E-state index in [2.05, 4.69) is 0 Å². The fraction of sp³-hybridized carbons (Fsp3) is 0.400. The van der Waals surface area contributed by atoms with Crippen LogP contribution in [0, 0.1) is 0 Å². The molecule has 0 radical (unpaired) electrons. The zero-order chi connectivity index (χ0) is 8.55. The van der Waals surface area contributed by atoms with Crippen LogP contribution < -0.4 is 0 Å². The monoisotopic (exact) mass is 164 g/mol. The molecule has 2 heteroatoms. The average molecular weight is 164 g/mol. The zero-order valence-electron chi connectivity index (χ0n) is 6.77. The lowest BCUT2D eigenvalue weighted by atomic mass is 9.88. The number of aliphatic hydroxyl groups is 2. The van der Waals surface area contributed by atoms with Gasteiger partial charge < -0.3 is 10.2 Å². The van der Waals surface area contributed by atoms with Crippen LogP contribution in [0.4, 0.5) is 0 Å². The summed E-state index contributed by atoms with van der Waals surface area (Å²) in [6.07, 6.45) is 0.266. The first-order valence-electron chi connectivity index (χ1n) is 4.23. The summed E-state index contributed by atoms with van der Waals surface area (Å²) in [6.45, 7) is 0. The predicted octanol–water partition coefficient (Wildman–Crippen LogP) is 1.03. The van der Waals surface area contributed by atoms with Crippen LogP contribution in [0.25, 0.3) is 0 Å². The van der Waals surface area contributed by atoms with Gasteiger partial charge in [0.25, 0.3) is 0 Å². The number of benzene rings is 1. The number of hydrogen-bond acceptors (Lipinski definition) is 2. The normalized spacial score (nSPS) is 28.2. The van der Waals surface area contributed by atoms with Crippen LogP contribution in [0.5, 0.6) is 0 Å². The number of aliphatic hydroxyl groups excluding tert-OH is 2. The Hall–Kier alpha value is -0.860. The third-order valence-corrected chi connectivity index (χ3v) is 2.45. The Kier molecular flexibility index (Phi) is 1.87. The van der Waals surface area contributed by atoms with E-state index in [1.165, 1.54) is 0 Å². The summed E-state index contributed by atoms with van der Waals surface area (Å²) < 4.78 is 0. The molecule has 1 aromatic rings. The first kappa shape index (κ1) is 7.77. The summed E-state index contributed by atoms with van der Waals surface area (Å²) >= 11 is 0. The molecule has 0 fully saturated rings. The molecule has 0 aliphatic heterocycles. The van der Waals surface area contributed by atoms with Crippen molar-refractivity contribution < 1.29 is 10.2 Å². The van der Waals surface area contributed by atoms with Crippen LogP contribution >= 0.6 is 0 Å². The first-order valence-corrected chi connectivity index (χ1v) is 4.23. The van der Waals surface area contributed by atoms with Crippen molar-refractivity contribution in [2.24, 2.45) is 0 Å². The number of hydrogen-bond donors (Lipinski definition) is 2. The lowest BCUT2D eigenvalue weighted by molar-refractivity contribution is 0.00650. The Balaban J connectivity index is 2.42. The van der Waals surface area contributed by atoms with E-state index >= 15 is 0 Å². The van der Waals surface area contributed by atoms with Gasteiger partial charge in [-0.2, -0.15) is 0 Å². The second-order valence-electron chi connectivity index (χ2n) is 3.25. The van der Waals surface area contributed by atoms with E-state index < -0.39 is 12.2 Å². The van der Waals surface area contributed by atoms with E-state index in [-0.39, 0.29) is 0 Å². The van der Waals surface area contributed by atoms with Crippen LogP contribution in [0.2, 0.25) is 0 Å². The fourth-order valence-electron chi connectivity index (χ4n) is 1.72. The molecule has 1 aromatic carbocycles. The van der Waals surface area contributed by atoms with Gasteiger partial charge >= 0.3 is 0 Å². The molecular formula is C10H12O2. The van der Waals surface area contributed by atoms with Gasteiger partial charge in [0.2, 0.25) is 0 Å². The van der Waals surface area contributed by atoms with E-state index in [0.29, 0.717) is 6.42 Å². The fourth-order valence-corrected chi connectivity index (χ4v) is 1.72. The molecule has 0 unspecified atom stereocenters. The number of aryl methyl sites for hydroxylation is 1. The molecule has 2 N–H and O–H groups in total. The van der Waals surface area contributed by atoms with Gasteiger partial charge in [-0.3, -0.25) is 0 Å². The first-order chi connectivity index (χ1) is 5.79. The third kappa shape index (κ3) is 1.13. The second kappa shape index (κ2) is 2.88. The Morgan fingerprint density at radius 2 is 1.92 bits per heavy atom. The van der Waals surface area contributed by atoms with Crippen molar-refractivity contribution in [3.8, 4) is 0 Å². The molecule has 2 rings (SSSR count). The SMILES string of the molecule is O[C@@H]1CCc2ccccc2[C@@H]1O.